The molecule has 0 bridgehead atoms. The van der Waals surface area contributed by atoms with Crippen LogP contribution in [0.5, 0.6) is 0 Å². The molecule has 1 saturated heterocycles. The molecular formula is C18H26N2O. The highest BCUT2D eigenvalue weighted by Gasteiger charge is 2.37. The number of piperidine rings is 1. The Morgan fingerprint density at radius 1 is 1.24 bits per heavy atom. The molecule has 2 fully saturated rings. The van der Waals surface area contributed by atoms with Crippen molar-refractivity contribution in [2.45, 2.75) is 57.4 Å². The molecule has 0 aromatic heterocycles. The second kappa shape index (κ2) is 6.08. The maximum Gasteiger partial charge on any atom is 0.230 e. The quantitative estimate of drug-likeness (QED) is 0.845. The van der Waals surface area contributed by atoms with E-state index in [0.29, 0.717) is 6.04 Å². The Kier molecular flexibility index (Phi) is 4.18. The minimum atomic E-state index is -0.0887. The van der Waals surface area contributed by atoms with E-state index in [-0.39, 0.29) is 11.8 Å². The predicted octanol–water partition coefficient (Wildman–Crippen LogP) is 3.55. The van der Waals surface area contributed by atoms with Gasteiger partial charge in [-0.25, -0.2) is 0 Å². The highest BCUT2D eigenvalue weighted by atomic mass is 16.2. The molecule has 1 amide bonds. The van der Waals surface area contributed by atoms with Gasteiger partial charge in [-0.2, -0.15) is 0 Å². The van der Waals surface area contributed by atoms with Crippen LogP contribution in [0.3, 0.4) is 0 Å². The first-order valence-corrected chi connectivity index (χ1v) is 8.32. The Balaban J connectivity index is 1.77. The summed E-state index contributed by atoms with van der Waals surface area (Å²) in [6, 6.07) is 8.25. The second-order valence-corrected chi connectivity index (χ2v) is 6.68. The first-order chi connectivity index (χ1) is 10.2. The molecule has 1 unspecified atom stereocenters. The highest BCUT2D eigenvalue weighted by molar-refractivity contribution is 5.84. The van der Waals surface area contributed by atoms with Crippen molar-refractivity contribution in [3.8, 4) is 0 Å². The molecule has 1 aromatic rings. The van der Waals surface area contributed by atoms with E-state index in [0.717, 1.165) is 30.1 Å². The summed E-state index contributed by atoms with van der Waals surface area (Å²) in [5.74, 6) is 0.941. The molecule has 3 rings (SSSR count). The van der Waals surface area contributed by atoms with Crippen molar-refractivity contribution in [3.05, 3.63) is 29.8 Å². The van der Waals surface area contributed by atoms with Crippen LogP contribution in [-0.2, 0) is 4.79 Å². The van der Waals surface area contributed by atoms with E-state index in [1.165, 1.54) is 32.1 Å². The van der Waals surface area contributed by atoms with Crippen LogP contribution >= 0.6 is 0 Å². The summed E-state index contributed by atoms with van der Waals surface area (Å²) >= 11 is 0. The first kappa shape index (κ1) is 14.4. The fourth-order valence-corrected chi connectivity index (χ4v) is 4.12. The third-order valence-corrected chi connectivity index (χ3v) is 5.31. The van der Waals surface area contributed by atoms with E-state index in [1.807, 2.05) is 31.2 Å². The van der Waals surface area contributed by atoms with Gasteiger partial charge in [0.25, 0.3) is 0 Å². The van der Waals surface area contributed by atoms with Crippen molar-refractivity contribution >= 4 is 11.6 Å². The third-order valence-electron chi connectivity index (χ3n) is 5.31. The van der Waals surface area contributed by atoms with Crippen LogP contribution in [0, 0.1) is 5.92 Å². The van der Waals surface area contributed by atoms with Crippen molar-refractivity contribution in [3.63, 3.8) is 0 Å². The molecule has 2 aliphatic rings. The normalized spacial score (nSPS) is 27.0. The summed E-state index contributed by atoms with van der Waals surface area (Å²) in [6.45, 7) is 2.95. The lowest BCUT2D eigenvalue weighted by Gasteiger charge is -2.45. The van der Waals surface area contributed by atoms with Gasteiger partial charge in [-0.15, -0.1) is 0 Å². The van der Waals surface area contributed by atoms with Crippen LogP contribution in [0.15, 0.2) is 24.3 Å². The molecule has 3 atom stereocenters. The van der Waals surface area contributed by atoms with Gasteiger partial charge in [0.15, 0.2) is 0 Å². The van der Waals surface area contributed by atoms with Crippen molar-refractivity contribution in [2.75, 3.05) is 12.3 Å². The van der Waals surface area contributed by atoms with E-state index in [2.05, 4.69) is 4.90 Å². The molecule has 1 saturated carbocycles. The second-order valence-electron chi connectivity index (χ2n) is 6.68. The van der Waals surface area contributed by atoms with Crippen LogP contribution < -0.4 is 5.73 Å². The van der Waals surface area contributed by atoms with E-state index < -0.39 is 0 Å². The molecule has 0 radical (unpaired) electrons. The van der Waals surface area contributed by atoms with Crippen LogP contribution in [0.2, 0.25) is 0 Å². The van der Waals surface area contributed by atoms with Gasteiger partial charge in [-0.05, 0) is 56.2 Å². The van der Waals surface area contributed by atoms with E-state index in [4.69, 9.17) is 5.73 Å². The van der Waals surface area contributed by atoms with Crippen LogP contribution in [0.4, 0.5) is 5.69 Å². The first-order valence-electron chi connectivity index (χ1n) is 8.32. The number of nitrogens with zero attached hydrogens (tertiary/aromatic N) is 1. The molecule has 3 heteroatoms. The lowest BCUT2D eigenvalue weighted by molar-refractivity contribution is -0.138. The number of carbonyl (C=O) groups is 1. The summed E-state index contributed by atoms with van der Waals surface area (Å²) in [5.41, 5.74) is 7.63. The maximum absolute atomic E-state index is 12.9. The van der Waals surface area contributed by atoms with Crippen LogP contribution in [0.25, 0.3) is 0 Å². The number of fused-ring (bicyclic) bond motifs is 1. The van der Waals surface area contributed by atoms with Crippen LogP contribution in [-0.4, -0.2) is 23.4 Å². The van der Waals surface area contributed by atoms with Crippen molar-refractivity contribution in [2.24, 2.45) is 5.92 Å². The molecule has 21 heavy (non-hydrogen) atoms. The zero-order valence-corrected chi connectivity index (χ0v) is 12.9. The average Bonchev–Trinajstić information content (AvgIpc) is 2.53. The number of nitrogen functional groups attached to an aromatic ring is 1. The molecule has 0 spiro atoms. The van der Waals surface area contributed by atoms with Gasteiger partial charge >= 0.3 is 0 Å². The fraction of sp³-hybridized carbons (Fsp3) is 0.611. The Hall–Kier alpha value is -1.51. The number of benzene rings is 1. The van der Waals surface area contributed by atoms with Gasteiger partial charge in [0, 0.05) is 18.3 Å². The molecule has 1 aromatic carbocycles. The van der Waals surface area contributed by atoms with E-state index in [9.17, 15) is 4.79 Å². The van der Waals surface area contributed by atoms with Gasteiger partial charge in [-0.3, -0.25) is 4.79 Å². The Morgan fingerprint density at radius 2 is 2.00 bits per heavy atom. The van der Waals surface area contributed by atoms with Crippen LogP contribution in [0.1, 0.15) is 56.9 Å². The number of hydrogen-bond acceptors (Lipinski definition) is 2. The predicted molar refractivity (Wildman–Crippen MR) is 86.0 cm³/mol. The Labute approximate surface area is 127 Å². The zero-order valence-electron chi connectivity index (χ0n) is 12.9. The number of likely N-dealkylation sites (tertiary alicyclic amines) is 1. The molecular weight excluding hydrogens is 260 g/mol. The minimum Gasteiger partial charge on any atom is -0.399 e. The smallest absolute Gasteiger partial charge is 0.230 e. The van der Waals surface area contributed by atoms with Gasteiger partial charge in [0.05, 0.1) is 5.92 Å². The molecule has 1 aliphatic heterocycles. The van der Waals surface area contributed by atoms with E-state index >= 15 is 0 Å². The summed E-state index contributed by atoms with van der Waals surface area (Å²) in [5, 5.41) is 0. The molecule has 2 N–H and O–H groups in total. The average molecular weight is 286 g/mol. The SMILES string of the molecule is CC(C(=O)N1CCC[C@H]2CCCC[C@H]21)c1cccc(N)c1. The van der Waals surface area contributed by atoms with Gasteiger partial charge in [0.1, 0.15) is 0 Å². The van der Waals surface area contributed by atoms with Crippen molar-refractivity contribution in [1.29, 1.82) is 0 Å². The fourth-order valence-electron chi connectivity index (χ4n) is 4.12. The summed E-state index contributed by atoms with van der Waals surface area (Å²) in [6.07, 6.45) is 7.59. The molecule has 3 nitrogen and oxygen atoms in total. The summed E-state index contributed by atoms with van der Waals surface area (Å²) in [4.78, 5) is 15.1. The largest absolute Gasteiger partial charge is 0.399 e. The Bertz CT molecular complexity index is 512. The number of amides is 1. The monoisotopic (exact) mass is 286 g/mol. The summed E-state index contributed by atoms with van der Waals surface area (Å²) < 4.78 is 0. The number of hydrogen-bond donors (Lipinski definition) is 1. The molecule has 1 heterocycles. The van der Waals surface area contributed by atoms with Crippen molar-refractivity contribution < 1.29 is 4.79 Å². The Morgan fingerprint density at radius 3 is 2.81 bits per heavy atom. The third kappa shape index (κ3) is 2.92. The van der Waals surface area contributed by atoms with Gasteiger partial charge < -0.3 is 10.6 Å². The van der Waals surface area contributed by atoms with Gasteiger partial charge in [-0.1, -0.05) is 25.0 Å². The van der Waals surface area contributed by atoms with Gasteiger partial charge in [0.2, 0.25) is 5.91 Å². The minimum absolute atomic E-state index is 0.0887. The number of rotatable bonds is 2. The lowest BCUT2D eigenvalue weighted by Crippen LogP contribution is -2.50. The highest BCUT2D eigenvalue weighted by Crippen LogP contribution is 2.36. The zero-order chi connectivity index (χ0) is 14.8. The lowest BCUT2D eigenvalue weighted by atomic mass is 9.78. The number of carbonyl (C=O) groups excluding carboxylic acids is 1. The molecule has 1 aliphatic carbocycles. The maximum atomic E-state index is 12.9. The van der Waals surface area contributed by atoms with Crippen molar-refractivity contribution in [1.82, 2.24) is 4.90 Å². The molecule has 114 valence electrons. The topological polar surface area (TPSA) is 46.3 Å². The number of nitrogens with two attached hydrogens (primary N) is 1. The number of anilines is 1. The van der Waals surface area contributed by atoms with E-state index in [1.54, 1.807) is 0 Å². The summed E-state index contributed by atoms with van der Waals surface area (Å²) in [7, 11) is 0. The standard InChI is InChI=1S/C18H26N2O/c1-13(15-7-4-9-16(19)12-15)18(21)20-11-5-8-14-6-2-3-10-17(14)20/h4,7,9,12-14,17H,2-3,5-6,8,10-11,19H2,1H3/t13?,14-,17-/m1/s1.